The Hall–Kier alpha value is -5.63. The predicted octanol–water partition coefficient (Wildman–Crippen LogP) is 7.35. The number of carbonyl (C=O) groups excluding carboxylic acids is 3. The molecule has 0 spiro atoms. The standard InChI is InChI=1S/C39H37N5O3/c1-5-24(4)35(38(46)43-42-37(45)32-21-26-20-23(3)16-19-30(26)40-32)44-36(27-10-6-7-11-28(27)39(44)47)33-29-12-8-9-13-31(29)41-34(33)25-17-14-22(2)15-18-25/h6-21,24,35-36,40-41H,5H2,1-4H3,(H,42,45)(H,43,46). The number of H-pyrrole nitrogens is 2. The van der Waals surface area contributed by atoms with Crippen LogP contribution in [0.4, 0.5) is 0 Å². The molecule has 3 amide bonds. The number of fused-ring (bicyclic) bond motifs is 3. The summed E-state index contributed by atoms with van der Waals surface area (Å²) in [5, 5.41) is 1.89. The molecule has 3 atom stereocenters. The molecule has 0 bridgehead atoms. The number of aromatic nitrogens is 2. The van der Waals surface area contributed by atoms with Gasteiger partial charge in [-0.3, -0.25) is 25.2 Å². The summed E-state index contributed by atoms with van der Waals surface area (Å²) >= 11 is 0. The molecule has 3 heterocycles. The van der Waals surface area contributed by atoms with Gasteiger partial charge in [0.2, 0.25) is 0 Å². The van der Waals surface area contributed by atoms with Crippen molar-refractivity contribution in [2.24, 2.45) is 5.92 Å². The smallest absolute Gasteiger partial charge is 0.286 e. The summed E-state index contributed by atoms with van der Waals surface area (Å²) in [4.78, 5) is 50.3. The molecule has 0 aliphatic carbocycles. The lowest BCUT2D eigenvalue weighted by atomic mass is 9.90. The molecular weight excluding hydrogens is 586 g/mol. The Labute approximate surface area is 273 Å². The van der Waals surface area contributed by atoms with Crippen LogP contribution in [0, 0.1) is 19.8 Å². The van der Waals surface area contributed by atoms with Gasteiger partial charge in [0.15, 0.2) is 0 Å². The van der Waals surface area contributed by atoms with E-state index >= 15 is 0 Å². The Morgan fingerprint density at radius 3 is 2.34 bits per heavy atom. The van der Waals surface area contributed by atoms with Crippen molar-refractivity contribution in [1.29, 1.82) is 0 Å². The van der Waals surface area contributed by atoms with Crippen molar-refractivity contribution in [3.63, 3.8) is 0 Å². The maximum atomic E-state index is 14.4. The van der Waals surface area contributed by atoms with Gasteiger partial charge in [0.1, 0.15) is 11.7 Å². The molecule has 0 fully saturated rings. The zero-order valence-corrected chi connectivity index (χ0v) is 26.8. The summed E-state index contributed by atoms with van der Waals surface area (Å²) in [5.74, 6) is -1.37. The van der Waals surface area contributed by atoms with Crippen LogP contribution in [0.5, 0.6) is 0 Å². The van der Waals surface area contributed by atoms with Crippen LogP contribution >= 0.6 is 0 Å². The minimum atomic E-state index is -0.880. The van der Waals surface area contributed by atoms with Gasteiger partial charge in [-0.15, -0.1) is 0 Å². The van der Waals surface area contributed by atoms with Crippen LogP contribution in [0.15, 0.2) is 97.1 Å². The lowest BCUT2D eigenvalue weighted by molar-refractivity contribution is -0.128. The molecule has 47 heavy (non-hydrogen) atoms. The fourth-order valence-corrected chi connectivity index (χ4v) is 6.83. The Kier molecular flexibility index (Phi) is 7.64. The van der Waals surface area contributed by atoms with E-state index in [1.165, 1.54) is 0 Å². The van der Waals surface area contributed by atoms with Gasteiger partial charge in [0.25, 0.3) is 17.7 Å². The van der Waals surface area contributed by atoms with Crippen molar-refractivity contribution in [3.05, 3.63) is 131 Å². The monoisotopic (exact) mass is 623 g/mol. The Morgan fingerprint density at radius 1 is 0.830 bits per heavy atom. The van der Waals surface area contributed by atoms with Gasteiger partial charge in [0, 0.05) is 32.9 Å². The van der Waals surface area contributed by atoms with E-state index in [-0.39, 0.29) is 11.8 Å². The van der Waals surface area contributed by atoms with Gasteiger partial charge in [-0.05, 0) is 61.2 Å². The highest BCUT2D eigenvalue weighted by atomic mass is 16.2. The molecule has 2 aromatic heterocycles. The van der Waals surface area contributed by atoms with Crippen molar-refractivity contribution >= 4 is 39.5 Å². The summed E-state index contributed by atoms with van der Waals surface area (Å²) < 4.78 is 0. The fraction of sp³-hybridized carbons (Fsp3) is 0.205. The van der Waals surface area contributed by atoms with Crippen molar-refractivity contribution in [2.45, 2.75) is 46.2 Å². The van der Waals surface area contributed by atoms with Crippen LogP contribution in [0.25, 0.3) is 33.1 Å². The second kappa shape index (κ2) is 11.9. The average molecular weight is 624 g/mol. The summed E-state index contributed by atoms with van der Waals surface area (Å²) in [7, 11) is 0. The van der Waals surface area contributed by atoms with Gasteiger partial charge in [0.05, 0.1) is 11.7 Å². The molecular formula is C39H37N5O3. The minimum absolute atomic E-state index is 0.219. The Bertz CT molecular complexity index is 2160. The minimum Gasteiger partial charge on any atom is -0.354 e. The van der Waals surface area contributed by atoms with E-state index in [2.05, 4.69) is 58.1 Å². The van der Waals surface area contributed by atoms with Crippen LogP contribution < -0.4 is 10.9 Å². The maximum absolute atomic E-state index is 14.4. The summed E-state index contributed by atoms with van der Waals surface area (Å²) in [5.41, 5.74) is 13.8. The lowest BCUT2D eigenvalue weighted by Gasteiger charge is -2.36. The zero-order chi connectivity index (χ0) is 32.8. The van der Waals surface area contributed by atoms with Gasteiger partial charge >= 0.3 is 0 Å². The normalized spacial score (nSPS) is 15.5. The highest BCUT2D eigenvalue weighted by Crippen LogP contribution is 2.47. The molecule has 7 rings (SSSR count). The quantitative estimate of drug-likeness (QED) is 0.140. The molecule has 236 valence electrons. The molecule has 8 nitrogen and oxygen atoms in total. The molecule has 0 radical (unpaired) electrons. The highest BCUT2D eigenvalue weighted by molar-refractivity contribution is 6.05. The van der Waals surface area contributed by atoms with Gasteiger partial charge in [-0.2, -0.15) is 0 Å². The van der Waals surface area contributed by atoms with Crippen LogP contribution in [-0.4, -0.2) is 38.6 Å². The Balaban J connectivity index is 1.30. The number of amides is 3. The number of para-hydroxylation sites is 1. The van der Waals surface area contributed by atoms with Gasteiger partial charge in [-0.25, -0.2) is 0 Å². The molecule has 0 saturated carbocycles. The number of nitrogens with zero attached hydrogens (tertiary/aromatic N) is 1. The third-order valence-corrected chi connectivity index (χ3v) is 9.43. The summed E-state index contributed by atoms with van der Waals surface area (Å²) in [6.45, 7) is 8.01. The third-order valence-electron chi connectivity index (χ3n) is 9.43. The van der Waals surface area contributed by atoms with Crippen LogP contribution in [-0.2, 0) is 4.79 Å². The number of benzene rings is 4. The first kappa shape index (κ1) is 30.0. The van der Waals surface area contributed by atoms with Crippen molar-refractivity contribution in [1.82, 2.24) is 25.7 Å². The van der Waals surface area contributed by atoms with E-state index in [1.54, 1.807) is 11.0 Å². The summed E-state index contributed by atoms with van der Waals surface area (Å²) in [6.07, 6.45) is 0.638. The predicted molar refractivity (Wildman–Crippen MR) is 185 cm³/mol. The first-order valence-corrected chi connectivity index (χ1v) is 16.0. The van der Waals surface area contributed by atoms with E-state index in [0.29, 0.717) is 17.7 Å². The SMILES string of the molecule is CCC(C)C(C(=O)NNC(=O)c1cc2cc(C)ccc2[nH]1)N1C(=O)c2ccccc2C1c1c(-c2ccc(C)cc2)[nH]c2ccccc12. The van der Waals surface area contributed by atoms with Gasteiger partial charge < -0.3 is 14.9 Å². The van der Waals surface area contributed by atoms with Crippen molar-refractivity contribution in [2.75, 3.05) is 0 Å². The lowest BCUT2D eigenvalue weighted by Crippen LogP contribution is -2.55. The number of aromatic amines is 2. The number of aryl methyl sites for hydroxylation is 2. The second-order valence-electron chi connectivity index (χ2n) is 12.6. The number of hydrogen-bond acceptors (Lipinski definition) is 3. The molecule has 4 aromatic carbocycles. The second-order valence-corrected chi connectivity index (χ2v) is 12.6. The first-order chi connectivity index (χ1) is 22.7. The molecule has 4 N–H and O–H groups in total. The van der Waals surface area contributed by atoms with E-state index < -0.39 is 23.9 Å². The molecule has 3 unspecified atom stereocenters. The van der Waals surface area contributed by atoms with Crippen LogP contribution in [0.3, 0.4) is 0 Å². The fourth-order valence-electron chi connectivity index (χ4n) is 6.83. The average Bonchev–Trinajstić information content (AvgIpc) is 3.76. The zero-order valence-electron chi connectivity index (χ0n) is 26.8. The van der Waals surface area contributed by atoms with E-state index in [4.69, 9.17) is 0 Å². The topological polar surface area (TPSA) is 110 Å². The molecule has 8 heteroatoms. The number of rotatable bonds is 7. The van der Waals surface area contributed by atoms with Crippen molar-refractivity contribution < 1.29 is 14.4 Å². The highest BCUT2D eigenvalue weighted by Gasteiger charge is 2.47. The van der Waals surface area contributed by atoms with E-state index in [1.807, 2.05) is 81.4 Å². The number of hydrazine groups is 1. The van der Waals surface area contributed by atoms with Crippen molar-refractivity contribution in [3.8, 4) is 11.3 Å². The molecule has 6 aromatic rings. The Morgan fingerprint density at radius 2 is 1.55 bits per heavy atom. The van der Waals surface area contributed by atoms with Gasteiger partial charge in [-0.1, -0.05) is 98.1 Å². The first-order valence-electron chi connectivity index (χ1n) is 16.0. The molecule has 1 aliphatic rings. The number of hydrogen-bond donors (Lipinski definition) is 4. The molecule has 1 aliphatic heterocycles. The largest absolute Gasteiger partial charge is 0.354 e. The van der Waals surface area contributed by atoms with Crippen LogP contribution in [0.1, 0.15) is 69.4 Å². The summed E-state index contributed by atoms with van der Waals surface area (Å²) in [6, 6.07) is 30.2. The van der Waals surface area contributed by atoms with Crippen LogP contribution in [0.2, 0.25) is 0 Å². The van der Waals surface area contributed by atoms with E-state index in [9.17, 15) is 14.4 Å². The number of carbonyl (C=O) groups is 3. The van der Waals surface area contributed by atoms with E-state index in [0.717, 1.165) is 55.3 Å². The third kappa shape index (κ3) is 5.25. The molecule has 0 saturated heterocycles. The maximum Gasteiger partial charge on any atom is 0.286 e. The number of nitrogens with one attached hydrogen (secondary N) is 4.